The fraction of sp³-hybridized carbons (Fsp3) is 0.500. The Morgan fingerprint density at radius 2 is 1.55 bits per heavy atom. The van der Waals surface area contributed by atoms with E-state index in [1.54, 1.807) is 18.1 Å². The van der Waals surface area contributed by atoms with Crippen molar-refractivity contribution in [2.45, 2.75) is 58.9 Å². The quantitative estimate of drug-likeness (QED) is 0.612. The van der Waals surface area contributed by atoms with Gasteiger partial charge in [-0.25, -0.2) is 0 Å². The second kappa shape index (κ2) is 8.19. The first-order valence-corrected chi connectivity index (χ1v) is 11.4. The summed E-state index contributed by atoms with van der Waals surface area (Å²) in [5.74, 6) is 0.310. The van der Waals surface area contributed by atoms with Crippen LogP contribution in [0.15, 0.2) is 30.5 Å². The van der Waals surface area contributed by atoms with Gasteiger partial charge < -0.3 is 14.9 Å². The number of nitrogens with zero attached hydrogens (tertiary/aromatic N) is 2. The molecule has 0 bridgehead atoms. The minimum Gasteiger partial charge on any atom is -0.507 e. The van der Waals surface area contributed by atoms with Gasteiger partial charge in [-0.1, -0.05) is 47.6 Å². The van der Waals surface area contributed by atoms with Crippen LogP contribution in [0, 0.1) is 0 Å². The van der Waals surface area contributed by atoms with Gasteiger partial charge in [0.2, 0.25) is 0 Å². The molecule has 1 aromatic carbocycles. The maximum atomic E-state index is 11.3. The van der Waals surface area contributed by atoms with E-state index < -0.39 is 7.60 Å². The Kier molecular flexibility index (Phi) is 6.65. The van der Waals surface area contributed by atoms with Gasteiger partial charge in [0.1, 0.15) is 12.0 Å². The molecule has 0 saturated carbocycles. The third kappa shape index (κ3) is 6.13. The summed E-state index contributed by atoms with van der Waals surface area (Å²) < 4.78 is 11.3. The van der Waals surface area contributed by atoms with E-state index in [0.29, 0.717) is 12.3 Å². The van der Waals surface area contributed by atoms with E-state index in [1.807, 2.05) is 24.3 Å². The Morgan fingerprint density at radius 1 is 1.03 bits per heavy atom. The molecule has 6 nitrogen and oxygen atoms in total. The van der Waals surface area contributed by atoms with Crippen molar-refractivity contribution in [2.24, 2.45) is 0 Å². The highest BCUT2D eigenvalue weighted by atomic mass is 31.2. The van der Waals surface area contributed by atoms with Crippen molar-refractivity contribution in [3.05, 3.63) is 47.2 Å². The number of aromatic nitrogens is 1. The van der Waals surface area contributed by atoms with Crippen LogP contribution in [0.5, 0.6) is 5.75 Å². The molecule has 0 aliphatic heterocycles. The first-order valence-electron chi connectivity index (χ1n) is 9.65. The van der Waals surface area contributed by atoms with Crippen molar-refractivity contribution in [1.29, 1.82) is 0 Å². The number of rotatable bonds is 5. The van der Waals surface area contributed by atoms with E-state index in [4.69, 9.17) is 0 Å². The number of aromatic hydroxyl groups is 1. The second-order valence-corrected chi connectivity index (χ2v) is 11.4. The Bertz CT molecular complexity index is 888. The summed E-state index contributed by atoms with van der Waals surface area (Å²) in [4.78, 5) is 24.7. The fourth-order valence-electron chi connectivity index (χ4n) is 3.40. The summed E-state index contributed by atoms with van der Waals surface area (Å²) in [6.07, 6.45) is 1.39. The smallest absolute Gasteiger partial charge is 0.339 e. The highest BCUT2D eigenvalue weighted by Crippen LogP contribution is 2.42. The molecular weight excluding hydrogens is 387 g/mol. The molecule has 160 valence electrons. The number of hydrogen-bond acceptors (Lipinski definition) is 4. The first-order chi connectivity index (χ1) is 13.1. The molecule has 1 aromatic heterocycles. The Morgan fingerprint density at radius 3 is 2.00 bits per heavy atom. The summed E-state index contributed by atoms with van der Waals surface area (Å²) in [6.45, 7) is 12.7. The van der Waals surface area contributed by atoms with Crippen molar-refractivity contribution in [2.75, 3.05) is 13.3 Å². The van der Waals surface area contributed by atoms with Gasteiger partial charge in [-0.05, 0) is 41.6 Å². The van der Waals surface area contributed by atoms with Crippen LogP contribution in [0.4, 0.5) is 0 Å². The number of pyridine rings is 1. The molecule has 7 heteroatoms. The molecule has 0 aliphatic rings. The molecule has 0 fully saturated rings. The topological polar surface area (TPSA) is 93.9 Å². The highest BCUT2D eigenvalue weighted by molar-refractivity contribution is 7.51. The van der Waals surface area contributed by atoms with E-state index in [9.17, 15) is 19.5 Å². The van der Waals surface area contributed by atoms with Crippen molar-refractivity contribution >= 4 is 7.60 Å². The molecule has 2 aromatic rings. The van der Waals surface area contributed by atoms with Gasteiger partial charge >= 0.3 is 7.60 Å². The van der Waals surface area contributed by atoms with Gasteiger partial charge in [0.05, 0.1) is 5.69 Å². The zero-order valence-corrected chi connectivity index (χ0v) is 19.3. The highest BCUT2D eigenvalue weighted by Gasteiger charge is 2.27. The van der Waals surface area contributed by atoms with E-state index in [-0.39, 0.29) is 17.1 Å². The molecule has 29 heavy (non-hydrogen) atoms. The van der Waals surface area contributed by atoms with Gasteiger partial charge in [-0.3, -0.25) is 14.4 Å². The van der Waals surface area contributed by atoms with E-state index in [0.717, 1.165) is 27.9 Å². The third-order valence-electron chi connectivity index (χ3n) is 4.76. The monoisotopic (exact) mass is 420 g/mol. The van der Waals surface area contributed by atoms with Crippen molar-refractivity contribution in [3.8, 4) is 17.0 Å². The van der Waals surface area contributed by atoms with Gasteiger partial charge in [-0.2, -0.15) is 0 Å². The van der Waals surface area contributed by atoms with Gasteiger partial charge in [0.15, 0.2) is 0 Å². The van der Waals surface area contributed by atoms with Crippen LogP contribution in [-0.2, 0) is 21.9 Å². The fourth-order valence-corrected chi connectivity index (χ4v) is 4.13. The Balaban J connectivity index is 2.62. The molecule has 2 rings (SSSR count). The van der Waals surface area contributed by atoms with Gasteiger partial charge in [0.25, 0.3) is 0 Å². The number of phenols is 1. The van der Waals surface area contributed by atoms with Crippen LogP contribution >= 0.6 is 7.60 Å². The Hall–Kier alpha value is -1.72. The molecule has 0 amide bonds. The molecular formula is C22H33N2O4P. The minimum atomic E-state index is -4.14. The minimum absolute atomic E-state index is 0.258. The predicted octanol–water partition coefficient (Wildman–Crippen LogP) is 4.62. The van der Waals surface area contributed by atoms with Crippen LogP contribution in [-0.4, -0.2) is 38.1 Å². The van der Waals surface area contributed by atoms with Crippen molar-refractivity contribution in [1.82, 2.24) is 9.88 Å². The average molecular weight is 420 g/mol. The molecule has 3 N–H and O–H groups in total. The summed E-state index contributed by atoms with van der Waals surface area (Å²) in [7, 11) is -2.47. The standard InChI is InChI=1S/C22H33N2O4P/c1-21(2,3)17-11-16(12-18(20(17)25)22(4,5)6)19-15(9-8-10-23-19)13-24(7)14-29(26,27)28/h8-12,25H,13-14H2,1-7H3,(H2,26,27,28). The third-order valence-corrected chi connectivity index (χ3v) is 5.61. The van der Waals surface area contributed by atoms with Crippen molar-refractivity contribution < 1.29 is 19.5 Å². The van der Waals surface area contributed by atoms with E-state index >= 15 is 0 Å². The zero-order chi connectivity index (χ0) is 22.2. The summed E-state index contributed by atoms with van der Waals surface area (Å²) >= 11 is 0. The van der Waals surface area contributed by atoms with E-state index in [1.165, 1.54) is 0 Å². The second-order valence-electron chi connectivity index (χ2n) is 9.75. The summed E-state index contributed by atoms with van der Waals surface area (Å²) in [6, 6.07) is 7.68. The molecule has 0 atom stereocenters. The zero-order valence-electron chi connectivity index (χ0n) is 18.4. The average Bonchev–Trinajstić information content (AvgIpc) is 2.51. The lowest BCUT2D eigenvalue weighted by atomic mass is 9.78. The first kappa shape index (κ1) is 23.6. The lowest BCUT2D eigenvalue weighted by molar-refractivity contribution is 0.309. The molecule has 0 spiro atoms. The summed E-state index contributed by atoms with van der Waals surface area (Å²) in [5, 5.41) is 11.0. The van der Waals surface area contributed by atoms with Crippen LogP contribution in [0.25, 0.3) is 11.3 Å². The molecule has 0 unspecified atom stereocenters. The van der Waals surface area contributed by atoms with Crippen LogP contribution in [0.1, 0.15) is 58.2 Å². The maximum absolute atomic E-state index is 11.3. The lowest BCUT2D eigenvalue weighted by Gasteiger charge is -2.28. The molecule has 1 heterocycles. The largest absolute Gasteiger partial charge is 0.507 e. The number of benzene rings is 1. The molecule has 0 aliphatic carbocycles. The number of hydrogen-bond donors (Lipinski definition) is 3. The lowest BCUT2D eigenvalue weighted by Crippen LogP contribution is -2.20. The van der Waals surface area contributed by atoms with Gasteiger partial charge in [0, 0.05) is 29.4 Å². The van der Waals surface area contributed by atoms with Crippen LogP contribution < -0.4 is 0 Å². The van der Waals surface area contributed by atoms with Gasteiger partial charge in [-0.15, -0.1) is 0 Å². The maximum Gasteiger partial charge on any atom is 0.339 e. The predicted molar refractivity (Wildman–Crippen MR) is 117 cm³/mol. The normalized spacial score (nSPS) is 13.2. The van der Waals surface area contributed by atoms with E-state index in [2.05, 4.69) is 46.5 Å². The molecule has 0 saturated heterocycles. The molecule has 0 radical (unpaired) electrons. The summed E-state index contributed by atoms with van der Waals surface area (Å²) in [5.41, 5.74) is 3.69. The SMILES string of the molecule is CN(Cc1cccnc1-c1cc(C(C)(C)C)c(O)c(C(C)(C)C)c1)CP(=O)(O)O. The Labute approximate surface area is 173 Å². The van der Waals surface area contributed by atoms with Crippen LogP contribution in [0.3, 0.4) is 0 Å². The van der Waals surface area contributed by atoms with Crippen molar-refractivity contribution in [3.63, 3.8) is 0 Å². The number of phenolic OH excluding ortho intramolecular Hbond substituents is 1. The van der Waals surface area contributed by atoms with Crippen LogP contribution in [0.2, 0.25) is 0 Å².